The minimum atomic E-state index is -0.810. The number of carbonyl (C=O) groups excluding carboxylic acids is 3. The van der Waals surface area contributed by atoms with Gasteiger partial charge in [0.15, 0.2) is 6.10 Å². The fraction of sp³-hybridized carbons (Fsp3) is 0.611. The highest BCUT2D eigenvalue weighted by Gasteiger charge is 2.42. The molecule has 2 aliphatic rings. The van der Waals surface area contributed by atoms with Crippen molar-refractivity contribution in [2.45, 2.75) is 51.7 Å². The summed E-state index contributed by atoms with van der Waals surface area (Å²) in [5.74, 6) is -0.518. The number of hydrogen-bond acceptors (Lipinski definition) is 5. The van der Waals surface area contributed by atoms with Crippen molar-refractivity contribution >= 4 is 29.0 Å². The Morgan fingerprint density at radius 1 is 1.33 bits per heavy atom. The molecule has 24 heavy (non-hydrogen) atoms. The van der Waals surface area contributed by atoms with Crippen LogP contribution in [0.4, 0.5) is 0 Å². The Morgan fingerprint density at radius 2 is 2.04 bits per heavy atom. The first-order chi connectivity index (χ1) is 11.5. The molecule has 1 heterocycles. The van der Waals surface area contributed by atoms with Crippen LogP contribution in [0, 0.1) is 17.8 Å². The standard InChI is InChI=1S/C18H23NO4S/c1-11(17(21)19-10-15-6-3-7-24-15)23-18(22)14-8-12-4-2-5-13(9-14)16(12)20/h3,6-7,11-14H,2,4-5,8-10H2,1H3,(H,19,21)/t11-,12-,13+,14?/m0/s1. The van der Waals surface area contributed by atoms with Crippen molar-refractivity contribution in [2.75, 3.05) is 0 Å². The third-order valence-electron chi connectivity index (χ3n) is 5.06. The molecule has 2 bridgehead atoms. The number of rotatable bonds is 5. The maximum absolute atomic E-state index is 12.4. The third kappa shape index (κ3) is 3.86. The molecule has 130 valence electrons. The molecule has 0 spiro atoms. The number of carbonyl (C=O) groups is 3. The van der Waals surface area contributed by atoms with Gasteiger partial charge in [-0.05, 0) is 44.1 Å². The molecular formula is C18H23NO4S. The Morgan fingerprint density at radius 3 is 2.67 bits per heavy atom. The summed E-state index contributed by atoms with van der Waals surface area (Å²) in [6, 6.07) is 3.87. The van der Waals surface area contributed by atoms with E-state index in [1.165, 1.54) is 0 Å². The molecule has 1 aromatic heterocycles. The molecule has 1 aromatic rings. The average molecular weight is 349 g/mol. The van der Waals surface area contributed by atoms with Gasteiger partial charge in [0.05, 0.1) is 12.5 Å². The van der Waals surface area contributed by atoms with E-state index in [1.807, 2.05) is 17.5 Å². The van der Waals surface area contributed by atoms with Crippen LogP contribution in [0.2, 0.25) is 0 Å². The fourth-order valence-electron chi connectivity index (χ4n) is 3.73. The van der Waals surface area contributed by atoms with Crippen LogP contribution in [-0.2, 0) is 25.7 Å². The summed E-state index contributed by atoms with van der Waals surface area (Å²) in [5.41, 5.74) is 0. The molecular weight excluding hydrogens is 326 g/mol. The van der Waals surface area contributed by atoms with Crippen LogP contribution in [0.1, 0.15) is 43.9 Å². The summed E-state index contributed by atoms with van der Waals surface area (Å²) in [6.07, 6.45) is 3.20. The highest BCUT2D eigenvalue weighted by atomic mass is 32.1. The number of ether oxygens (including phenoxy) is 1. The van der Waals surface area contributed by atoms with Crippen LogP contribution >= 0.6 is 11.3 Å². The quantitative estimate of drug-likeness (QED) is 0.830. The predicted molar refractivity (Wildman–Crippen MR) is 90.3 cm³/mol. The first kappa shape index (κ1) is 17.1. The van der Waals surface area contributed by atoms with Crippen molar-refractivity contribution in [3.05, 3.63) is 22.4 Å². The monoisotopic (exact) mass is 349 g/mol. The largest absolute Gasteiger partial charge is 0.452 e. The zero-order chi connectivity index (χ0) is 17.1. The molecule has 5 nitrogen and oxygen atoms in total. The average Bonchev–Trinajstić information content (AvgIpc) is 3.05. The second-order valence-electron chi connectivity index (χ2n) is 6.77. The number of amides is 1. The Kier molecular flexibility index (Phi) is 5.33. The van der Waals surface area contributed by atoms with Crippen LogP contribution in [0.3, 0.4) is 0 Å². The molecule has 0 aromatic carbocycles. The molecule has 1 amide bonds. The lowest BCUT2D eigenvalue weighted by Crippen LogP contribution is -2.42. The molecule has 2 fully saturated rings. The van der Waals surface area contributed by atoms with E-state index in [1.54, 1.807) is 18.3 Å². The van der Waals surface area contributed by atoms with Gasteiger partial charge in [-0.25, -0.2) is 0 Å². The summed E-state index contributed by atoms with van der Waals surface area (Å²) < 4.78 is 5.36. The van der Waals surface area contributed by atoms with E-state index in [0.717, 1.165) is 24.1 Å². The van der Waals surface area contributed by atoms with Crippen molar-refractivity contribution in [1.29, 1.82) is 0 Å². The fourth-order valence-corrected chi connectivity index (χ4v) is 4.37. The number of nitrogens with one attached hydrogen (secondary N) is 1. The lowest BCUT2D eigenvalue weighted by molar-refractivity contribution is -0.162. The van der Waals surface area contributed by atoms with Crippen LogP contribution in [-0.4, -0.2) is 23.8 Å². The van der Waals surface area contributed by atoms with Gasteiger partial charge in [-0.15, -0.1) is 11.3 Å². The number of esters is 1. The molecule has 3 rings (SSSR count). The van der Waals surface area contributed by atoms with Gasteiger partial charge in [0.25, 0.3) is 5.91 Å². The highest BCUT2D eigenvalue weighted by Crippen LogP contribution is 2.40. The van der Waals surface area contributed by atoms with Gasteiger partial charge >= 0.3 is 5.97 Å². The second kappa shape index (κ2) is 7.47. The zero-order valence-corrected chi connectivity index (χ0v) is 14.6. The minimum absolute atomic E-state index is 0.0120. The maximum atomic E-state index is 12.4. The number of Topliss-reactive ketones (excluding diaryl/α,β-unsaturated/α-hetero) is 1. The summed E-state index contributed by atoms with van der Waals surface area (Å²) in [7, 11) is 0. The van der Waals surface area contributed by atoms with E-state index in [0.29, 0.717) is 25.2 Å². The zero-order valence-electron chi connectivity index (χ0n) is 13.8. The minimum Gasteiger partial charge on any atom is -0.452 e. The van der Waals surface area contributed by atoms with Crippen molar-refractivity contribution in [1.82, 2.24) is 5.32 Å². The molecule has 1 unspecified atom stereocenters. The number of thiophene rings is 1. The predicted octanol–water partition coefficient (Wildman–Crippen LogP) is 2.69. The van der Waals surface area contributed by atoms with Crippen LogP contribution in [0.15, 0.2) is 17.5 Å². The van der Waals surface area contributed by atoms with E-state index in [2.05, 4.69) is 5.32 Å². The summed E-state index contributed by atoms with van der Waals surface area (Å²) in [5, 5.41) is 4.73. The molecule has 6 heteroatoms. The van der Waals surface area contributed by atoms with Crippen LogP contribution in [0.5, 0.6) is 0 Å². The van der Waals surface area contributed by atoms with E-state index in [-0.39, 0.29) is 29.6 Å². The molecule has 4 atom stereocenters. The molecule has 2 saturated carbocycles. The van der Waals surface area contributed by atoms with Gasteiger partial charge in [0.1, 0.15) is 5.78 Å². The number of ketones is 1. The molecule has 0 saturated heterocycles. The Balaban J connectivity index is 1.48. The SMILES string of the molecule is C[C@H](OC(=O)C1C[C@H]2CCC[C@@H](C1)C2=O)C(=O)NCc1cccs1. The number of hydrogen-bond donors (Lipinski definition) is 1. The van der Waals surface area contributed by atoms with E-state index < -0.39 is 6.10 Å². The molecule has 0 aliphatic heterocycles. The van der Waals surface area contributed by atoms with E-state index >= 15 is 0 Å². The van der Waals surface area contributed by atoms with Gasteiger partial charge in [-0.2, -0.15) is 0 Å². The van der Waals surface area contributed by atoms with Gasteiger partial charge < -0.3 is 10.1 Å². The normalized spacial score (nSPS) is 27.4. The van der Waals surface area contributed by atoms with Gasteiger partial charge in [0, 0.05) is 16.7 Å². The first-order valence-corrected chi connectivity index (χ1v) is 9.47. The Bertz CT molecular complexity index is 597. The van der Waals surface area contributed by atoms with E-state index in [4.69, 9.17) is 4.74 Å². The van der Waals surface area contributed by atoms with Gasteiger partial charge in [-0.3, -0.25) is 14.4 Å². The summed E-state index contributed by atoms with van der Waals surface area (Å²) >= 11 is 1.57. The lowest BCUT2D eigenvalue weighted by Gasteiger charge is -2.36. The molecule has 1 N–H and O–H groups in total. The summed E-state index contributed by atoms with van der Waals surface area (Å²) in [6.45, 7) is 2.04. The van der Waals surface area contributed by atoms with Crippen molar-refractivity contribution in [2.24, 2.45) is 17.8 Å². The van der Waals surface area contributed by atoms with Gasteiger partial charge in [-0.1, -0.05) is 12.5 Å². The Hall–Kier alpha value is -1.69. The summed E-state index contributed by atoms with van der Waals surface area (Å²) in [4.78, 5) is 37.6. The Labute approximate surface area is 145 Å². The molecule has 0 radical (unpaired) electrons. The van der Waals surface area contributed by atoms with Crippen molar-refractivity contribution in [3.8, 4) is 0 Å². The number of fused-ring (bicyclic) bond motifs is 2. The van der Waals surface area contributed by atoms with Crippen LogP contribution in [0.25, 0.3) is 0 Å². The second-order valence-corrected chi connectivity index (χ2v) is 7.80. The van der Waals surface area contributed by atoms with Gasteiger partial charge in [0.2, 0.25) is 0 Å². The topological polar surface area (TPSA) is 72.5 Å². The third-order valence-corrected chi connectivity index (χ3v) is 5.94. The van der Waals surface area contributed by atoms with Crippen molar-refractivity contribution in [3.63, 3.8) is 0 Å². The van der Waals surface area contributed by atoms with E-state index in [9.17, 15) is 14.4 Å². The highest BCUT2D eigenvalue weighted by molar-refractivity contribution is 7.09. The lowest BCUT2D eigenvalue weighted by atomic mass is 9.67. The first-order valence-electron chi connectivity index (χ1n) is 8.59. The van der Waals surface area contributed by atoms with Crippen LogP contribution < -0.4 is 5.32 Å². The smallest absolute Gasteiger partial charge is 0.309 e. The van der Waals surface area contributed by atoms with Crippen molar-refractivity contribution < 1.29 is 19.1 Å². The molecule has 2 aliphatic carbocycles. The maximum Gasteiger partial charge on any atom is 0.309 e.